The molecule has 0 bridgehead atoms. The molecule has 3 aliphatic heterocycles. The smallest absolute Gasteiger partial charge is 0.297 e. The molecule has 9 atom stereocenters. The fraction of sp³-hybridized carbons (Fsp3) is 0.727. The van der Waals surface area contributed by atoms with Crippen LogP contribution in [0.5, 0.6) is 0 Å². The molecule has 3 saturated heterocycles. The van der Waals surface area contributed by atoms with Gasteiger partial charge in [-0.1, -0.05) is 17.7 Å². The third kappa shape index (κ3) is 5.86. The molecule has 13 heteroatoms. The standard InChI is InChI=1S/C22H32O12S/c1-11-4-6-12(7-5-11)35(27,28)31-10-14-19(16(24)13(23)8-29-14)33-21-18(26)17(25)20-15(32-21)9-30-22(2,3)34-20/h4-7,13-21,23-26H,8-10H2,1-3H3. The van der Waals surface area contributed by atoms with Crippen molar-refractivity contribution in [2.75, 3.05) is 19.8 Å². The zero-order valence-electron chi connectivity index (χ0n) is 19.6. The van der Waals surface area contributed by atoms with Crippen molar-refractivity contribution in [1.82, 2.24) is 0 Å². The van der Waals surface area contributed by atoms with Gasteiger partial charge >= 0.3 is 0 Å². The van der Waals surface area contributed by atoms with Crippen molar-refractivity contribution in [3.8, 4) is 0 Å². The summed E-state index contributed by atoms with van der Waals surface area (Å²) in [5, 5.41) is 41.9. The van der Waals surface area contributed by atoms with Crippen molar-refractivity contribution in [3.63, 3.8) is 0 Å². The average molecular weight is 521 g/mol. The molecule has 1 aromatic carbocycles. The van der Waals surface area contributed by atoms with Crippen molar-refractivity contribution in [2.45, 2.75) is 86.6 Å². The molecule has 3 aliphatic rings. The summed E-state index contributed by atoms with van der Waals surface area (Å²) in [5.74, 6) is -0.984. The predicted molar refractivity (Wildman–Crippen MR) is 117 cm³/mol. The summed E-state index contributed by atoms with van der Waals surface area (Å²) >= 11 is 0. The van der Waals surface area contributed by atoms with Gasteiger partial charge < -0.3 is 44.1 Å². The highest BCUT2D eigenvalue weighted by Gasteiger charge is 2.52. The molecular weight excluding hydrogens is 488 g/mol. The van der Waals surface area contributed by atoms with E-state index in [9.17, 15) is 28.8 Å². The maximum atomic E-state index is 12.6. The molecule has 198 valence electrons. The second-order valence-electron chi connectivity index (χ2n) is 9.40. The van der Waals surface area contributed by atoms with Gasteiger partial charge in [-0.2, -0.15) is 8.42 Å². The van der Waals surface area contributed by atoms with Gasteiger partial charge in [0.05, 0.1) is 24.7 Å². The van der Waals surface area contributed by atoms with Crippen molar-refractivity contribution in [2.24, 2.45) is 0 Å². The van der Waals surface area contributed by atoms with Gasteiger partial charge in [0.15, 0.2) is 12.1 Å². The van der Waals surface area contributed by atoms with Crippen LogP contribution < -0.4 is 0 Å². The Kier molecular flexibility index (Phi) is 7.87. The fourth-order valence-corrected chi connectivity index (χ4v) is 5.11. The number of aliphatic hydroxyl groups excluding tert-OH is 4. The van der Waals surface area contributed by atoms with E-state index in [2.05, 4.69) is 0 Å². The van der Waals surface area contributed by atoms with Crippen molar-refractivity contribution >= 4 is 10.1 Å². The molecule has 4 rings (SSSR count). The third-order valence-corrected chi connectivity index (χ3v) is 7.52. The van der Waals surface area contributed by atoms with E-state index in [-0.39, 0.29) is 18.1 Å². The normalized spacial score (nSPS) is 39.7. The van der Waals surface area contributed by atoms with Gasteiger partial charge in [-0.05, 0) is 32.9 Å². The number of benzene rings is 1. The Balaban J connectivity index is 1.45. The van der Waals surface area contributed by atoms with Crippen LogP contribution in [-0.4, -0.2) is 110 Å². The topological polar surface area (TPSA) is 170 Å². The van der Waals surface area contributed by atoms with E-state index in [0.717, 1.165) is 5.56 Å². The average Bonchev–Trinajstić information content (AvgIpc) is 2.80. The maximum absolute atomic E-state index is 12.6. The lowest BCUT2D eigenvalue weighted by atomic mass is 9.96. The molecule has 0 radical (unpaired) electrons. The first-order chi connectivity index (χ1) is 16.4. The minimum Gasteiger partial charge on any atom is -0.388 e. The SMILES string of the molecule is Cc1ccc(S(=O)(=O)OCC2OCC(O)C(O)C2OC2OC3COC(C)(C)OC3C(O)C2O)cc1. The molecule has 12 nitrogen and oxygen atoms in total. The van der Waals surface area contributed by atoms with Gasteiger partial charge in [-0.25, -0.2) is 0 Å². The van der Waals surface area contributed by atoms with Gasteiger partial charge in [-0.15, -0.1) is 0 Å². The van der Waals surface area contributed by atoms with Gasteiger partial charge in [0.1, 0.15) is 48.8 Å². The van der Waals surface area contributed by atoms with E-state index < -0.39 is 77.6 Å². The Bertz CT molecular complexity index is 965. The van der Waals surface area contributed by atoms with Crippen LogP contribution in [0.25, 0.3) is 0 Å². The summed E-state index contributed by atoms with van der Waals surface area (Å²) in [6, 6.07) is 6.05. The zero-order chi connectivity index (χ0) is 25.5. The molecule has 0 saturated carbocycles. The molecule has 0 aromatic heterocycles. The predicted octanol–water partition coefficient (Wildman–Crippen LogP) is -1.20. The molecular formula is C22H32O12S. The van der Waals surface area contributed by atoms with E-state index in [1.165, 1.54) is 12.1 Å². The quantitative estimate of drug-likeness (QED) is 0.331. The highest BCUT2D eigenvalue weighted by Crippen LogP contribution is 2.34. The Morgan fingerprint density at radius 2 is 1.71 bits per heavy atom. The Morgan fingerprint density at radius 3 is 2.40 bits per heavy atom. The molecule has 35 heavy (non-hydrogen) atoms. The van der Waals surface area contributed by atoms with Crippen molar-refractivity contribution < 1.29 is 56.7 Å². The van der Waals surface area contributed by atoms with E-state index in [4.69, 9.17) is 27.9 Å². The van der Waals surface area contributed by atoms with Gasteiger partial charge in [0, 0.05) is 0 Å². The van der Waals surface area contributed by atoms with Crippen LogP contribution in [0.1, 0.15) is 19.4 Å². The largest absolute Gasteiger partial charge is 0.388 e. The first-order valence-corrected chi connectivity index (χ1v) is 12.7. The van der Waals surface area contributed by atoms with E-state index in [1.807, 2.05) is 6.92 Å². The Labute approximate surface area is 203 Å². The van der Waals surface area contributed by atoms with Crippen LogP contribution in [-0.2, 0) is 38.0 Å². The van der Waals surface area contributed by atoms with E-state index in [0.29, 0.717) is 0 Å². The fourth-order valence-electron chi connectivity index (χ4n) is 4.19. The molecule has 0 spiro atoms. The summed E-state index contributed by atoms with van der Waals surface area (Å²) in [6.07, 6.45) is -11.4. The van der Waals surface area contributed by atoms with Gasteiger partial charge in [0.2, 0.25) is 0 Å². The molecule has 0 aliphatic carbocycles. The number of hydrogen-bond donors (Lipinski definition) is 4. The van der Waals surface area contributed by atoms with Gasteiger partial charge in [-0.3, -0.25) is 4.18 Å². The summed E-state index contributed by atoms with van der Waals surface area (Å²) < 4.78 is 58.5. The lowest BCUT2D eigenvalue weighted by Gasteiger charge is -2.49. The lowest BCUT2D eigenvalue weighted by Crippen LogP contribution is -2.66. The minimum absolute atomic E-state index is 0.0506. The highest BCUT2D eigenvalue weighted by molar-refractivity contribution is 7.86. The Hall–Kier alpha value is -1.23. The maximum Gasteiger partial charge on any atom is 0.297 e. The van der Waals surface area contributed by atoms with Crippen LogP contribution in [0.2, 0.25) is 0 Å². The van der Waals surface area contributed by atoms with Crippen molar-refractivity contribution in [3.05, 3.63) is 29.8 Å². The number of hydrogen-bond acceptors (Lipinski definition) is 12. The zero-order valence-corrected chi connectivity index (χ0v) is 20.4. The lowest BCUT2D eigenvalue weighted by molar-refractivity contribution is -0.393. The minimum atomic E-state index is -4.14. The molecule has 3 heterocycles. The molecule has 4 N–H and O–H groups in total. The highest BCUT2D eigenvalue weighted by atomic mass is 32.2. The molecule has 9 unspecified atom stereocenters. The number of aryl methyl sites for hydroxylation is 1. The summed E-state index contributed by atoms with van der Waals surface area (Å²) in [6.45, 7) is 4.36. The molecule has 0 amide bonds. The second kappa shape index (κ2) is 10.3. The monoisotopic (exact) mass is 520 g/mol. The first-order valence-electron chi connectivity index (χ1n) is 11.3. The number of ether oxygens (including phenoxy) is 5. The number of fused-ring (bicyclic) bond motifs is 1. The first kappa shape index (κ1) is 26.8. The van der Waals surface area contributed by atoms with Crippen LogP contribution in [0, 0.1) is 6.92 Å². The number of rotatable bonds is 6. The summed E-state index contributed by atoms with van der Waals surface area (Å²) in [4.78, 5) is -0.0580. The number of aliphatic hydroxyl groups is 4. The molecule has 3 fully saturated rings. The van der Waals surface area contributed by atoms with Crippen LogP contribution in [0.15, 0.2) is 29.2 Å². The van der Waals surface area contributed by atoms with E-state index in [1.54, 1.807) is 26.0 Å². The summed E-state index contributed by atoms with van der Waals surface area (Å²) in [5.41, 5.74) is 0.873. The van der Waals surface area contributed by atoms with Crippen LogP contribution in [0.3, 0.4) is 0 Å². The van der Waals surface area contributed by atoms with Crippen molar-refractivity contribution in [1.29, 1.82) is 0 Å². The van der Waals surface area contributed by atoms with Crippen LogP contribution in [0.4, 0.5) is 0 Å². The van der Waals surface area contributed by atoms with E-state index >= 15 is 0 Å². The van der Waals surface area contributed by atoms with Crippen LogP contribution >= 0.6 is 0 Å². The van der Waals surface area contributed by atoms with Gasteiger partial charge in [0.25, 0.3) is 10.1 Å². The second-order valence-corrected chi connectivity index (χ2v) is 11.0. The Morgan fingerprint density at radius 1 is 1.03 bits per heavy atom. The summed E-state index contributed by atoms with van der Waals surface area (Å²) in [7, 11) is -4.14. The molecule has 1 aromatic rings. The third-order valence-electron chi connectivity index (χ3n) is 6.22.